The van der Waals surface area contributed by atoms with Gasteiger partial charge in [-0.15, -0.1) is 0 Å². The van der Waals surface area contributed by atoms with E-state index >= 15 is 0 Å². The van der Waals surface area contributed by atoms with Gasteiger partial charge >= 0.3 is 0 Å². The van der Waals surface area contributed by atoms with Crippen LogP contribution >= 0.6 is 31.9 Å². The molecule has 5 heteroatoms. The Bertz CT molecular complexity index is 315. The zero-order valence-corrected chi connectivity index (χ0v) is 9.99. The highest BCUT2D eigenvalue weighted by Crippen LogP contribution is 2.26. The fourth-order valence-corrected chi connectivity index (χ4v) is 1.75. The summed E-state index contributed by atoms with van der Waals surface area (Å²) in [6.07, 6.45) is -2.51. The lowest BCUT2D eigenvalue weighted by atomic mass is 10.2. The minimum Gasteiger partial charge on any atom is -0.251 e. The molecule has 0 amide bonds. The first-order chi connectivity index (χ1) is 6.06. The van der Waals surface area contributed by atoms with Crippen LogP contribution in [-0.2, 0) is 5.33 Å². The van der Waals surface area contributed by atoms with Gasteiger partial charge in [0.25, 0.3) is 6.43 Å². The molecule has 1 rings (SSSR count). The van der Waals surface area contributed by atoms with Gasteiger partial charge in [-0.25, -0.2) is 8.78 Å². The van der Waals surface area contributed by atoms with Crippen LogP contribution in [0.2, 0.25) is 0 Å². The number of aromatic nitrogens is 1. The van der Waals surface area contributed by atoms with Crippen molar-refractivity contribution in [1.29, 1.82) is 0 Å². The molecule has 13 heavy (non-hydrogen) atoms. The maximum absolute atomic E-state index is 12.4. The van der Waals surface area contributed by atoms with Gasteiger partial charge in [-0.2, -0.15) is 0 Å². The summed E-state index contributed by atoms with van der Waals surface area (Å²) in [5.41, 5.74) is 0.963. The van der Waals surface area contributed by atoms with E-state index in [4.69, 9.17) is 0 Å². The first-order valence-corrected chi connectivity index (χ1v) is 5.47. The molecule has 0 saturated carbocycles. The molecule has 0 fully saturated rings. The molecule has 0 aliphatic heterocycles. The molecule has 72 valence electrons. The van der Waals surface area contributed by atoms with E-state index in [-0.39, 0.29) is 5.69 Å². The van der Waals surface area contributed by atoms with E-state index in [1.54, 1.807) is 13.0 Å². The monoisotopic (exact) mass is 313 g/mol. The van der Waals surface area contributed by atoms with Gasteiger partial charge in [0.15, 0.2) is 0 Å². The van der Waals surface area contributed by atoms with Gasteiger partial charge in [-0.1, -0.05) is 15.9 Å². The minimum atomic E-state index is -2.51. The second kappa shape index (κ2) is 4.46. The van der Waals surface area contributed by atoms with Crippen molar-refractivity contribution in [3.05, 3.63) is 27.5 Å². The Hall–Kier alpha value is -0.0300. The molecule has 0 aliphatic rings. The summed E-state index contributed by atoms with van der Waals surface area (Å²) in [4.78, 5) is 3.82. The molecule has 1 aromatic heterocycles. The molecule has 0 radical (unpaired) electrons. The van der Waals surface area contributed by atoms with E-state index in [1.165, 1.54) is 0 Å². The largest absolute Gasteiger partial charge is 0.280 e. The lowest BCUT2D eigenvalue weighted by Gasteiger charge is -2.07. The summed E-state index contributed by atoms with van der Waals surface area (Å²) in [6.45, 7) is 1.69. The van der Waals surface area contributed by atoms with E-state index in [1.807, 2.05) is 0 Å². The van der Waals surface area contributed by atoms with E-state index in [0.717, 1.165) is 4.47 Å². The van der Waals surface area contributed by atoms with Crippen LogP contribution in [0.3, 0.4) is 0 Å². The number of nitrogens with zero attached hydrogens (tertiary/aromatic N) is 1. The Morgan fingerprint density at radius 1 is 1.54 bits per heavy atom. The van der Waals surface area contributed by atoms with Crippen LogP contribution in [0.1, 0.15) is 23.4 Å². The highest BCUT2D eigenvalue weighted by molar-refractivity contribution is 9.10. The number of rotatable bonds is 2. The molecule has 0 spiro atoms. The first kappa shape index (κ1) is 11.0. The molecule has 0 aromatic carbocycles. The second-order valence-electron chi connectivity index (χ2n) is 2.53. The maximum atomic E-state index is 12.4. The van der Waals surface area contributed by atoms with E-state index < -0.39 is 6.43 Å². The Morgan fingerprint density at radius 2 is 2.15 bits per heavy atom. The molecule has 1 nitrogen and oxygen atoms in total. The normalized spacial score (nSPS) is 10.9. The van der Waals surface area contributed by atoms with Crippen molar-refractivity contribution in [3.63, 3.8) is 0 Å². The van der Waals surface area contributed by atoms with Crippen LogP contribution in [0.15, 0.2) is 10.5 Å². The standard InChI is InChI=1S/C8H7Br2F2N/c1-4-6(10)2-5(3-9)7(13-4)8(11)12/h2,8H,3H2,1H3. The zero-order valence-electron chi connectivity index (χ0n) is 6.82. The van der Waals surface area contributed by atoms with Gasteiger partial charge in [0.1, 0.15) is 5.69 Å². The van der Waals surface area contributed by atoms with Gasteiger partial charge < -0.3 is 0 Å². The number of hydrogen-bond acceptors (Lipinski definition) is 1. The average Bonchev–Trinajstić information content (AvgIpc) is 2.08. The summed E-state index contributed by atoms with van der Waals surface area (Å²) in [7, 11) is 0. The van der Waals surface area contributed by atoms with Gasteiger partial charge in [-0.05, 0) is 34.5 Å². The minimum absolute atomic E-state index is 0.141. The fourth-order valence-electron chi connectivity index (χ4n) is 0.933. The number of alkyl halides is 3. The molecule has 0 saturated heterocycles. The molecule has 0 aliphatic carbocycles. The molecule has 1 heterocycles. The predicted molar refractivity (Wildman–Crippen MR) is 54.3 cm³/mol. The Kier molecular flexibility index (Phi) is 3.79. The smallest absolute Gasteiger partial charge is 0.251 e. The van der Waals surface area contributed by atoms with Crippen molar-refractivity contribution in [1.82, 2.24) is 4.98 Å². The van der Waals surface area contributed by atoms with Gasteiger partial charge in [0.2, 0.25) is 0 Å². The van der Waals surface area contributed by atoms with E-state index in [0.29, 0.717) is 16.6 Å². The van der Waals surface area contributed by atoms with Crippen molar-refractivity contribution in [2.75, 3.05) is 0 Å². The lowest BCUT2D eigenvalue weighted by molar-refractivity contribution is 0.145. The van der Waals surface area contributed by atoms with Crippen LogP contribution in [0, 0.1) is 6.92 Å². The van der Waals surface area contributed by atoms with Crippen LogP contribution < -0.4 is 0 Å². The third-order valence-corrected chi connectivity index (χ3v) is 3.02. The average molecular weight is 315 g/mol. The molecule has 0 bridgehead atoms. The van der Waals surface area contributed by atoms with Crippen molar-refractivity contribution in [2.24, 2.45) is 0 Å². The summed E-state index contributed by atoms with van der Waals surface area (Å²) < 4.78 is 25.6. The molecular weight excluding hydrogens is 308 g/mol. The van der Waals surface area contributed by atoms with Gasteiger partial charge in [0.05, 0.1) is 5.69 Å². The van der Waals surface area contributed by atoms with Crippen LogP contribution in [0.5, 0.6) is 0 Å². The number of pyridine rings is 1. The molecule has 0 unspecified atom stereocenters. The predicted octanol–water partition coefficient (Wildman–Crippen LogP) is 3.99. The second-order valence-corrected chi connectivity index (χ2v) is 3.95. The summed E-state index contributed by atoms with van der Waals surface area (Å²) >= 11 is 6.38. The summed E-state index contributed by atoms with van der Waals surface area (Å²) in [5.74, 6) is 0. The topological polar surface area (TPSA) is 12.9 Å². The van der Waals surface area contributed by atoms with E-state index in [2.05, 4.69) is 36.8 Å². The lowest BCUT2D eigenvalue weighted by Crippen LogP contribution is -1.99. The summed E-state index contributed by atoms with van der Waals surface area (Å²) in [6, 6.07) is 1.67. The van der Waals surface area contributed by atoms with E-state index in [9.17, 15) is 8.78 Å². The third-order valence-electron chi connectivity index (χ3n) is 1.61. The summed E-state index contributed by atoms with van der Waals surface area (Å²) in [5, 5.41) is 0.387. The molecule has 0 atom stereocenters. The molecule has 0 N–H and O–H groups in total. The van der Waals surface area contributed by atoms with Crippen molar-refractivity contribution in [2.45, 2.75) is 18.7 Å². The van der Waals surface area contributed by atoms with Crippen LogP contribution in [0.25, 0.3) is 0 Å². The SMILES string of the molecule is Cc1nc(C(F)F)c(CBr)cc1Br. The fraction of sp³-hybridized carbons (Fsp3) is 0.375. The third kappa shape index (κ3) is 2.47. The Balaban J connectivity index is 3.25. The first-order valence-electron chi connectivity index (χ1n) is 3.56. The number of aryl methyl sites for hydroxylation is 1. The van der Waals surface area contributed by atoms with Crippen molar-refractivity contribution >= 4 is 31.9 Å². The van der Waals surface area contributed by atoms with Crippen molar-refractivity contribution < 1.29 is 8.78 Å². The van der Waals surface area contributed by atoms with Crippen molar-refractivity contribution in [3.8, 4) is 0 Å². The quantitative estimate of drug-likeness (QED) is 0.752. The highest BCUT2D eigenvalue weighted by Gasteiger charge is 2.15. The molecule has 1 aromatic rings. The molecular formula is C8H7Br2F2N. The Labute approximate surface area is 91.8 Å². The maximum Gasteiger partial charge on any atom is 0.280 e. The van der Waals surface area contributed by atoms with Gasteiger partial charge in [0, 0.05) is 9.80 Å². The number of halogens is 4. The zero-order chi connectivity index (χ0) is 10.0. The highest BCUT2D eigenvalue weighted by atomic mass is 79.9. The Morgan fingerprint density at radius 3 is 2.62 bits per heavy atom. The van der Waals surface area contributed by atoms with Crippen LogP contribution in [-0.4, -0.2) is 4.98 Å². The van der Waals surface area contributed by atoms with Crippen LogP contribution in [0.4, 0.5) is 8.78 Å². The number of hydrogen-bond donors (Lipinski definition) is 0. The van der Waals surface area contributed by atoms with Gasteiger partial charge in [-0.3, -0.25) is 4.98 Å².